The van der Waals surface area contributed by atoms with E-state index >= 15 is 0 Å². The van der Waals surface area contributed by atoms with Gasteiger partial charge in [-0.15, -0.1) is 0 Å². The van der Waals surface area contributed by atoms with Gasteiger partial charge in [0.1, 0.15) is 26.3 Å². The Kier molecular flexibility index (Phi) is 20.6. The SMILES string of the molecule is CCOCCOCC(=O)CCCC[N+](C)(C)CC#CC[N+](C)(C)CCCNC(=O)COCCOCC. The molecule has 0 aromatic carbocycles. The van der Waals surface area contributed by atoms with Crippen LogP contribution >= 0.6 is 0 Å². The largest absolute Gasteiger partial charge is 0.379 e. The molecule has 0 aromatic heterocycles. The van der Waals surface area contributed by atoms with E-state index in [4.69, 9.17) is 18.9 Å². The van der Waals surface area contributed by atoms with Crippen molar-refractivity contribution in [3.63, 3.8) is 0 Å². The lowest BCUT2D eigenvalue weighted by molar-refractivity contribution is -0.884. The molecule has 36 heavy (non-hydrogen) atoms. The first-order valence-electron chi connectivity index (χ1n) is 13.3. The molecule has 1 N–H and O–H groups in total. The lowest BCUT2D eigenvalue weighted by atomic mass is 10.1. The van der Waals surface area contributed by atoms with Crippen molar-refractivity contribution in [2.24, 2.45) is 0 Å². The summed E-state index contributed by atoms with van der Waals surface area (Å²) in [5.74, 6) is 6.73. The minimum Gasteiger partial charge on any atom is -0.379 e. The van der Waals surface area contributed by atoms with E-state index in [-0.39, 0.29) is 24.9 Å². The summed E-state index contributed by atoms with van der Waals surface area (Å²) in [5.41, 5.74) is 0. The number of carbonyl (C=O) groups excluding carboxylic acids is 2. The fourth-order valence-corrected chi connectivity index (χ4v) is 3.29. The van der Waals surface area contributed by atoms with Crippen LogP contribution in [0.3, 0.4) is 0 Å². The molecule has 0 aliphatic heterocycles. The maximum atomic E-state index is 11.9. The Morgan fingerprint density at radius 1 is 0.694 bits per heavy atom. The summed E-state index contributed by atoms with van der Waals surface area (Å²) in [6.45, 7) is 11.5. The zero-order valence-corrected chi connectivity index (χ0v) is 23.9. The van der Waals surface area contributed by atoms with Crippen molar-refractivity contribution in [2.75, 3.05) is 114 Å². The van der Waals surface area contributed by atoms with Crippen LogP contribution in [0.1, 0.15) is 39.5 Å². The molecule has 0 bridgehead atoms. The van der Waals surface area contributed by atoms with Gasteiger partial charge in [0.2, 0.25) is 5.91 Å². The lowest BCUT2D eigenvalue weighted by Gasteiger charge is -2.28. The first-order valence-corrected chi connectivity index (χ1v) is 13.3. The molecule has 0 spiro atoms. The van der Waals surface area contributed by atoms with Crippen LogP contribution in [-0.2, 0) is 28.5 Å². The van der Waals surface area contributed by atoms with Crippen LogP contribution in [0.4, 0.5) is 0 Å². The number of nitrogens with one attached hydrogen (secondary N) is 1. The van der Waals surface area contributed by atoms with Crippen molar-refractivity contribution >= 4 is 11.7 Å². The number of hydrogen-bond acceptors (Lipinski definition) is 6. The number of amides is 1. The van der Waals surface area contributed by atoms with E-state index in [1.807, 2.05) is 13.8 Å². The van der Waals surface area contributed by atoms with Crippen molar-refractivity contribution in [1.29, 1.82) is 0 Å². The number of rotatable bonds is 23. The minimum absolute atomic E-state index is 0.0739. The third kappa shape index (κ3) is 22.9. The van der Waals surface area contributed by atoms with E-state index in [0.717, 1.165) is 54.4 Å². The second-order valence-electron chi connectivity index (χ2n) is 10.2. The molecule has 0 radical (unpaired) electrons. The molecule has 0 unspecified atom stereocenters. The molecule has 0 saturated carbocycles. The molecule has 1 amide bonds. The average Bonchev–Trinajstić information content (AvgIpc) is 2.82. The van der Waals surface area contributed by atoms with Gasteiger partial charge >= 0.3 is 0 Å². The van der Waals surface area contributed by atoms with Crippen LogP contribution in [0.15, 0.2) is 0 Å². The minimum atomic E-state index is -0.0909. The highest BCUT2D eigenvalue weighted by molar-refractivity contribution is 5.79. The number of unbranched alkanes of at least 4 members (excludes halogenated alkanes) is 1. The van der Waals surface area contributed by atoms with Crippen molar-refractivity contribution in [1.82, 2.24) is 5.32 Å². The smallest absolute Gasteiger partial charge is 0.246 e. The van der Waals surface area contributed by atoms with E-state index in [1.54, 1.807) is 0 Å². The van der Waals surface area contributed by atoms with Gasteiger partial charge in [-0.3, -0.25) is 9.59 Å². The first-order chi connectivity index (χ1) is 17.1. The van der Waals surface area contributed by atoms with E-state index < -0.39 is 0 Å². The third-order valence-corrected chi connectivity index (χ3v) is 5.52. The quantitative estimate of drug-likeness (QED) is 0.126. The second-order valence-corrected chi connectivity index (χ2v) is 10.2. The molecule has 0 aromatic rings. The molecular weight excluding hydrogens is 462 g/mol. The highest BCUT2D eigenvalue weighted by Crippen LogP contribution is 2.04. The Labute approximate surface area is 219 Å². The van der Waals surface area contributed by atoms with Gasteiger partial charge in [0, 0.05) is 32.6 Å². The van der Waals surface area contributed by atoms with Gasteiger partial charge in [0.15, 0.2) is 5.78 Å². The van der Waals surface area contributed by atoms with E-state index in [2.05, 4.69) is 45.3 Å². The average molecular weight is 516 g/mol. The Morgan fingerprint density at radius 2 is 1.19 bits per heavy atom. The summed E-state index contributed by atoms with van der Waals surface area (Å²) >= 11 is 0. The number of ether oxygens (including phenoxy) is 4. The Morgan fingerprint density at radius 3 is 1.75 bits per heavy atom. The maximum Gasteiger partial charge on any atom is 0.246 e. The highest BCUT2D eigenvalue weighted by atomic mass is 16.5. The number of nitrogens with zero attached hydrogens (tertiary/aromatic N) is 2. The predicted octanol–water partition coefficient (Wildman–Crippen LogP) is 1.49. The Bertz CT molecular complexity index is 591. The highest BCUT2D eigenvalue weighted by Gasteiger charge is 2.15. The molecule has 0 heterocycles. The Hall–Kier alpha value is -1.54. The van der Waals surface area contributed by atoms with E-state index in [9.17, 15) is 9.59 Å². The number of hydrogen-bond donors (Lipinski definition) is 1. The number of quaternary nitrogens is 2. The Balaban J connectivity index is 3.93. The van der Waals surface area contributed by atoms with Crippen LogP contribution in [0.25, 0.3) is 0 Å². The van der Waals surface area contributed by atoms with Crippen molar-refractivity contribution in [2.45, 2.75) is 39.5 Å². The summed E-state index contributed by atoms with van der Waals surface area (Å²) in [7, 11) is 8.67. The summed E-state index contributed by atoms with van der Waals surface area (Å²) in [6.07, 6.45) is 3.32. The zero-order chi connectivity index (χ0) is 27.1. The number of Topliss-reactive ketones (excluding diaryl/α,β-unsaturated/α-hetero) is 1. The van der Waals surface area contributed by atoms with E-state index in [0.29, 0.717) is 52.6 Å². The van der Waals surface area contributed by atoms with E-state index in [1.165, 1.54) is 0 Å². The van der Waals surface area contributed by atoms with Crippen LogP contribution in [0, 0.1) is 11.8 Å². The van der Waals surface area contributed by atoms with Crippen molar-refractivity contribution in [3.05, 3.63) is 0 Å². The van der Waals surface area contributed by atoms with Crippen LogP contribution in [0.5, 0.6) is 0 Å². The molecular formula is C27H53N3O6+2. The summed E-state index contributed by atoms with van der Waals surface area (Å²) in [4.78, 5) is 23.7. The molecule has 0 aliphatic rings. The number of ketones is 1. The topological polar surface area (TPSA) is 83.1 Å². The fraction of sp³-hybridized carbons (Fsp3) is 0.852. The summed E-state index contributed by atoms with van der Waals surface area (Å²) in [5, 5.41) is 2.90. The monoisotopic (exact) mass is 515 g/mol. The van der Waals surface area contributed by atoms with Gasteiger partial charge in [-0.25, -0.2) is 0 Å². The summed E-state index contributed by atoms with van der Waals surface area (Å²) < 4.78 is 22.6. The summed E-state index contributed by atoms with van der Waals surface area (Å²) in [6, 6.07) is 0. The lowest BCUT2D eigenvalue weighted by Crippen LogP contribution is -2.43. The van der Waals surface area contributed by atoms with Gasteiger partial charge in [-0.05, 0) is 38.5 Å². The number of carbonyl (C=O) groups is 2. The normalized spacial score (nSPS) is 11.7. The molecule has 9 heteroatoms. The fourth-order valence-electron chi connectivity index (χ4n) is 3.29. The third-order valence-electron chi connectivity index (χ3n) is 5.52. The zero-order valence-electron chi connectivity index (χ0n) is 23.9. The van der Waals surface area contributed by atoms with Crippen LogP contribution < -0.4 is 5.32 Å². The molecule has 0 saturated heterocycles. The van der Waals surface area contributed by atoms with Crippen molar-refractivity contribution in [3.8, 4) is 11.8 Å². The molecule has 0 atom stereocenters. The second kappa shape index (κ2) is 21.5. The van der Waals surface area contributed by atoms with Crippen LogP contribution in [0.2, 0.25) is 0 Å². The molecule has 0 fully saturated rings. The van der Waals surface area contributed by atoms with Gasteiger partial charge in [-0.2, -0.15) is 0 Å². The first kappa shape index (κ1) is 34.5. The van der Waals surface area contributed by atoms with Gasteiger partial charge in [-0.1, -0.05) is 0 Å². The molecule has 9 nitrogen and oxygen atoms in total. The molecule has 0 aliphatic carbocycles. The predicted molar refractivity (Wildman–Crippen MR) is 143 cm³/mol. The van der Waals surface area contributed by atoms with Crippen molar-refractivity contribution < 1.29 is 37.5 Å². The maximum absolute atomic E-state index is 11.9. The van der Waals surface area contributed by atoms with Gasteiger partial charge in [0.05, 0.1) is 67.7 Å². The molecule has 0 rings (SSSR count). The van der Waals surface area contributed by atoms with Gasteiger partial charge in [0.25, 0.3) is 0 Å². The molecule has 210 valence electrons. The van der Waals surface area contributed by atoms with Gasteiger partial charge < -0.3 is 33.2 Å². The van der Waals surface area contributed by atoms with Crippen LogP contribution in [-0.4, -0.2) is 134 Å². The standard InChI is InChI=1S/C27H52N3O6/c1-7-33-20-22-35-24-26(31)14-9-10-16-29(3,4)17-11-12-18-30(5,6)19-13-15-28-27(32)25-36-23-21-34-8-2/h7-10,13-25H2,1-6H3/q+1/p+1.